The summed E-state index contributed by atoms with van der Waals surface area (Å²) in [5.41, 5.74) is 8.63. The van der Waals surface area contributed by atoms with Crippen molar-refractivity contribution in [1.29, 1.82) is 0 Å². The van der Waals surface area contributed by atoms with Gasteiger partial charge in [0.05, 0.1) is 29.9 Å². The third-order valence-corrected chi connectivity index (χ3v) is 5.03. The first-order valence-electron chi connectivity index (χ1n) is 10.4. The molecule has 34 heavy (non-hydrogen) atoms. The van der Waals surface area contributed by atoms with Crippen molar-refractivity contribution < 1.29 is 19.1 Å². The Morgan fingerprint density at radius 1 is 1.03 bits per heavy atom. The number of aromatic nitrogens is 3. The van der Waals surface area contributed by atoms with Crippen LogP contribution in [-0.4, -0.2) is 37.5 Å². The minimum absolute atomic E-state index is 0.0117. The average Bonchev–Trinajstić information content (AvgIpc) is 3.38. The highest BCUT2D eigenvalue weighted by Gasteiger charge is 2.21. The maximum absolute atomic E-state index is 11.8. The van der Waals surface area contributed by atoms with Gasteiger partial charge in [-0.05, 0) is 35.9 Å². The smallest absolute Gasteiger partial charge is 0.407 e. The molecule has 0 aliphatic heterocycles. The molecule has 2 amide bonds. The Morgan fingerprint density at radius 3 is 2.56 bits per heavy atom. The van der Waals surface area contributed by atoms with E-state index in [-0.39, 0.29) is 19.0 Å². The second-order valence-corrected chi connectivity index (χ2v) is 7.41. The Bertz CT molecular complexity index is 1260. The number of amides is 2. The van der Waals surface area contributed by atoms with E-state index in [9.17, 15) is 14.7 Å². The molecule has 3 heterocycles. The molecule has 0 spiro atoms. The second kappa shape index (κ2) is 10.3. The number of pyridine rings is 1. The predicted octanol–water partition coefficient (Wildman–Crippen LogP) is 3.23. The van der Waals surface area contributed by atoms with Crippen LogP contribution in [-0.2, 0) is 17.9 Å². The van der Waals surface area contributed by atoms with Crippen molar-refractivity contribution in [3.8, 4) is 11.5 Å². The van der Waals surface area contributed by atoms with E-state index in [0.29, 0.717) is 34.9 Å². The molecule has 0 aliphatic carbocycles. The van der Waals surface area contributed by atoms with Gasteiger partial charge in [0.2, 0.25) is 12.4 Å². The summed E-state index contributed by atoms with van der Waals surface area (Å²) < 4.78 is 5.40. The molecule has 0 saturated carbocycles. The van der Waals surface area contributed by atoms with E-state index >= 15 is 0 Å². The molecule has 0 saturated heterocycles. The van der Waals surface area contributed by atoms with Crippen LogP contribution in [0.1, 0.15) is 28.7 Å². The fourth-order valence-electron chi connectivity index (χ4n) is 3.51. The molecule has 0 fully saturated rings. The van der Waals surface area contributed by atoms with Crippen LogP contribution in [0.15, 0.2) is 77.4 Å². The third kappa shape index (κ3) is 5.36. The van der Waals surface area contributed by atoms with Crippen LogP contribution in [0.4, 0.5) is 10.7 Å². The van der Waals surface area contributed by atoms with E-state index in [4.69, 9.17) is 10.2 Å². The summed E-state index contributed by atoms with van der Waals surface area (Å²) in [4.78, 5) is 37.6. The number of anilines is 1. The van der Waals surface area contributed by atoms with E-state index in [2.05, 4.69) is 20.3 Å². The zero-order valence-corrected chi connectivity index (χ0v) is 18.0. The normalized spacial score (nSPS) is 11.5. The first-order valence-corrected chi connectivity index (χ1v) is 10.4. The van der Waals surface area contributed by atoms with Crippen molar-refractivity contribution >= 4 is 18.5 Å². The maximum Gasteiger partial charge on any atom is 0.407 e. The molecule has 1 unspecified atom stereocenters. The monoisotopic (exact) mass is 458 g/mol. The molecule has 0 bridgehead atoms. The Kier molecular flexibility index (Phi) is 6.78. The highest BCUT2D eigenvalue weighted by Crippen LogP contribution is 2.25. The molecular formula is C24H22N6O4. The van der Waals surface area contributed by atoms with Gasteiger partial charge in [-0.15, -0.1) is 0 Å². The summed E-state index contributed by atoms with van der Waals surface area (Å²) >= 11 is 0. The summed E-state index contributed by atoms with van der Waals surface area (Å²) in [7, 11) is 0. The molecule has 0 aliphatic rings. The number of nitrogens with zero attached hydrogens (tertiary/aromatic N) is 4. The molecule has 4 aromatic rings. The second-order valence-electron chi connectivity index (χ2n) is 7.41. The summed E-state index contributed by atoms with van der Waals surface area (Å²) in [6.45, 7) is 0.280. The molecule has 1 atom stereocenters. The zero-order valence-electron chi connectivity index (χ0n) is 18.0. The first kappa shape index (κ1) is 22.5. The molecule has 10 nitrogen and oxygen atoms in total. The lowest BCUT2D eigenvalue weighted by molar-refractivity contribution is -0.110. The van der Waals surface area contributed by atoms with Crippen molar-refractivity contribution in [2.45, 2.75) is 19.1 Å². The van der Waals surface area contributed by atoms with Crippen molar-refractivity contribution in [1.82, 2.24) is 25.2 Å². The molecule has 0 radical (unpaired) electrons. The number of nitrogen functional groups attached to an aromatic ring is 1. The summed E-state index contributed by atoms with van der Waals surface area (Å²) in [5.74, 6) is 0.512. The predicted molar refractivity (Wildman–Crippen MR) is 123 cm³/mol. The van der Waals surface area contributed by atoms with Gasteiger partial charge in [0.15, 0.2) is 5.76 Å². The number of benzene rings is 1. The fourth-order valence-corrected chi connectivity index (χ4v) is 3.51. The van der Waals surface area contributed by atoms with Gasteiger partial charge in [0.25, 0.3) is 0 Å². The Hall–Kier alpha value is -4.73. The van der Waals surface area contributed by atoms with Crippen molar-refractivity contribution in [2.24, 2.45) is 0 Å². The number of hydrogen-bond donors (Lipinski definition) is 3. The Labute approximate surface area is 195 Å². The Balaban J connectivity index is 1.63. The molecule has 3 aromatic heterocycles. The van der Waals surface area contributed by atoms with Gasteiger partial charge in [-0.1, -0.05) is 36.4 Å². The van der Waals surface area contributed by atoms with Crippen LogP contribution in [0.2, 0.25) is 0 Å². The van der Waals surface area contributed by atoms with Crippen LogP contribution < -0.4 is 11.1 Å². The van der Waals surface area contributed by atoms with Crippen LogP contribution in [0.3, 0.4) is 0 Å². The van der Waals surface area contributed by atoms with Crippen molar-refractivity contribution in [2.75, 3.05) is 5.73 Å². The number of hydrogen-bond acceptors (Lipinski definition) is 7. The lowest BCUT2D eigenvalue weighted by Gasteiger charge is -2.21. The number of carbonyl (C=O) groups is 2. The summed E-state index contributed by atoms with van der Waals surface area (Å²) in [6.07, 6.45) is 0.997. The number of carboxylic acid groups (broad SMARTS) is 1. The minimum atomic E-state index is -1.06. The number of nitrogens with one attached hydrogen (secondary N) is 1. The standard InChI is InChI=1S/C24H22N6O4/c25-23-28-19(21-10-5-11-34-21)12-20(29-23)22(26-15-31)18-9-4-8-17(27-18)14-30(24(32)33)13-16-6-2-1-3-7-16/h1-12,15,22H,13-14H2,(H,26,31)(H,32,33)(H2,25,28,29). The van der Waals surface area contributed by atoms with Gasteiger partial charge in [0.1, 0.15) is 11.7 Å². The number of nitrogens with two attached hydrogens (primary N) is 1. The maximum atomic E-state index is 11.8. The number of rotatable bonds is 9. The van der Waals surface area contributed by atoms with Gasteiger partial charge in [-0.2, -0.15) is 0 Å². The van der Waals surface area contributed by atoms with E-state index in [0.717, 1.165) is 5.56 Å². The molecule has 172 valence electrons. The number of carbonyl (C=O) groups excluding carboxylic acids is 1. The topological polar surface area (TPSA) is 147 Å². The SMILES string of the molecule is Nc1nc(-c2ccco2)cc(C(NC=O)c2cccc(CN(Cc3ccccc3)C(=O)O)n2)n1. The van der Waals surface area contributed by atoms with Crippen molar-refractivity contribution in [3.05, 3.63) is 95.6 Å². The van der Waals surface area contributed by atoms with Crippen LogP contribution in [0.25, 0.3) is 11.5 Å². The highest BCUT2D eigenvalue weighted by molar-refractivity contribution is 5.65. The average molecular weight is 458 g/mol. The van der Waals surface area contributed by atoms with Gasteiger partial charge in [-0.25, -0.2) is 14.8 Å². The van der Waals surface area contributed by atoms with E-state index in [1.54, 1.807) is 36.4 Å². The fraction of sp³-hybridized carbons (Fsp3) is 0.125. The van der Waals surface area contributed by atoms with Crippen LogP contribution >= 0.6 is 0 Å². The quantitative estimate of drug-likeness (QED) is 0.324. The van der Waals surface area contributed by atoms with Crippen LogP contribution in [0.5, 0.6) is 0 Å². The van der Waals surface area contributed by atoms with E-state index in [1.165, 1.54) is 11.2 Å². The minimum Gasteiger partial charge on any atom is -0.465 e. The molecular weight excluding hydrogens is 436 g/mol. The summed E-state index contributed by atoms with van der Waals surface area (Å²) in [6, 6.07) is 18.9. The highest BCUT2D eigenvalue weighted by atomic mass is 16.4. The van der Waals surface area contributed by atoms with Crippen molar-refractivity contribution in [3.63, 3.8) is 0 Å². The lowest BCUT2D eigenvalue weighted by Crippen LogP contribution is -2.29. The summed E-state index contributed by atoms with van der Waals surface area (Å²) in [5, 5.41) is 12.4. The third-order valence-electron chi connectivity index (χ3n) is 5.03. The Morgan fingerprint density at radius 2 is 1.85 bits per heavy atom. The first-order chi connectivity index (χ1) is 16.5. The molecule has 4 rings (SSSR count). The van der Waals surface area contributed by atoms with E-state index < -0.39 is 12.1 Å². The molecule has 10 heteroatoms. The van der Waals surface area contributed by atoms with Crippen LogP contribution in [0, 0.1) is 0 Å². The number of furan rings is 1. The molecule has 1 aromatic carbocycles. The van der Waals surface area contributed by atoms with Gasteiger partial charge >= 0.3 is 6.09 Å². The zero-order chi connectivity index (χ0) is 23.9. The lowest BCUT2D eigenvalue weighted by atomic mass is 10.1. The van der Waals surface area contributed by atoms with Gasteiger partial charge in [0, 0.05) is 6.54 Å². The molecule has 4 N–H and O–H groups in total. The van der Waals surface area contributed by atoms with E-state index in [1.807, 2.05) is 30.3 Å². The van der Waals surface area contributed by atoms with Gasteiger partial charge in [-0.3, -0.25) is 14.7 Å². The van der Waals surface area contributed by atoms with Gasteiger partial charge < -0.3 is 20.6 Å². The largest absolute Gasteiger partial charge is 0.465 e.